The van der Waals surface area contributed by atoms with E-state index in [0.717, 1.165) is 11.1 Å². The van der Waals surface area contributed by atoms with Crippen LogP contribution in [0.2, 0.25) is 0 Å². The standard InChI is InChI=1S/C25H24BrNO5/c1-5-31-18-12-14(11-17(26)24(18)32-6-2)20-19(25(29)30-4)13(3)27-22-15-9-7-8-10-16(15)23(28)21(20)22/h7-12,19-20H,5-6H2,1-4H3. The molecular formula is C25H24BrNO5. The predicted octanol–water partition coefficient (Wildman–Crippen LogP) is 5.20. The first kappa shape index (κ1) is 22.3. The van der Waals surface area contributed by atoms with Crippen LogP contribution in [-0.4, -0.2) is 37.8 Å². The first-order valence-electron chi connectivity index (χ1n) is 10.5. The molecule has 6 nitrogen and oxygen atoms in total. The smallest absolute Gasteiger partial charge is 0.315 e. The Morgan fingerprint density at radius 1 is 1.09 bits per heavy atom. The number of rotatable bonds is 6. The summed E-state index contributed by atoms with van der Waals surface area (Å²) in [5.74, 6) is -0.711. The number of hydrogen-bond donors (Lipinski definition) is 0. The number of carbonyl (C=O) groups excluding carboxylic acids is 2. The minimum Gasteiger partial charge on any atom is -0.490 e. The van der Waals surface area contributed by atoms with Gasteiger partial charge in [-0.05, 0) is 54.4 Å². The van der Waals surface area contributed by atoms with Gasteiger partial charge in [0.15, 0.2) is 17.3 Å². The summed E-state index contributed by atoms with van der Waals surface area (Å²) in [6.07, 6.45) is 0. The fourth-order valence-corrected chi connectivity index (χ4v) is 5.03. The van der Waals surface area contributed by atoms with Crippen LogP contribution in [0.15, 0.2) is 51.4 Å². The molecule has 7 heteroatoms. The third-order valence-corrected chi connectivity index (χ3v) is 6.33. The number of methoxy groups -OCH3 is 1. The fourth-order valence-electron chi connectivity index (χ4n) is 4.46. The molecule has 4 rings (SSSR count). The average Bonchev–Trinajstić information content (AvgIpc) is 3.06. The number of allylic oxidation sites excluding steroid dienone is 1. The van der Waals surface area contributed by atoms with Gasteiger partial charge in [-0.15, -0.1) is 0 Å². The summed E-state index contributed by atoms with van der Waals surface area (Å²) in [4.78, 5) is 31.1. The van der Waals surface area contributed by atoms with Crippen molar-refractivity contribution in [2.45, 2.75) is 26.7 Å². The number of fused-ring (bicyclic) bond motifs is 2. The van der Waals surface area contributed by atoms with Gasteiger partial charge in [0, 0.05) is 28.3 Å². The Morgan fingerprint density at radius 2 is 1.78 bits per heavy atom. The van der Waals surface area contributed by atoms with E-state index in [1.165, 1.54) is 7.11 Å². The number of halogens is 1. The molecule has 2 aromatic carbocycles. The Balaban J connectivity index is 1.95. The van der Waals surface area contributed by atoms with Crippen molar-refractivity contribution in [2.24, 2.45) is 10.9 Å². The number of benzene rings is 2. The molecule has 0 fully saturated rings. The number of ether oxygens (including phenoxy) is 3. The van der Waals surface area contributed by atoms with Gasteiger partial charge in [0.05, 0.1) is 30.5 Å². The Morgan fingerprint density at radius 3 is 2.44 bits per heavy atom. The van der Waals surface area contributed by atoms with Crippen LogP contribution >= 0.6 is 15.9 Å². The van der Waals surface area contributed by atoms with E-state index < -0.39 is 17.8 Å². The SMILES string of the molecule is CCOc1cc(C2C3=C(N=C(C)C2C(=O)OC)c2ccccc2C3=O)cc(Br)c1OCC. The van der Waals surface area contributed by atoms with Crippen molar-refractivity contribution in [3.8, 4) is 11.5 Å². The van der Waals surface area contributed by atoms with Crippen LogP contribution in [0.5, 0.6) is 11.5 Å². The van der Waals surface area contributed by atoms with Gasteiger partial charge in [-0.25, -0.2) is 0 Å². The number of Topliss-reactive ketones (excluding diaryl/α,β-unsaturated/α-hetero) is 1. The monoisotopic (exact) mass is 497 g/mol. The van der Waals surface area contributed by atoms with E-state index in [0.29, 0.717) is 51.7 Å². The second-order valence-electron chi connectivity index (χ2n) is 7.56. The summed E-state index contributed by atoms with van der Waals surface area (Å²) in [5, 5.41) is 0. The molecule has 0 aromatic heterocycles. The molecule has 0 bridgehead atoms. The lowest BCUT2D eigenvalue weighted by Gasteiger charge is -2.30. The minimum absolute atomic E-state index is 0.117. The van der Waals surface area contributed by atoms with Crippen LogP contribution in [0.3, 0.4) is 0 Å². The van der Waals surface area contributed by atoms with E-state index in [-0.39, 0.29) is 5.78 Å². The number of ketones is 1. The van der Waals surface area contributed by atoms with Crippen molar-refractivity contribution in [3.05, 3.63) is 63.1 Å². The Labute approximate surface area is 195 Å². The molecule has 0 saturated carbocycles. The summed E-state index contributed by atoms with van der Waals surface area (Å²) in [5.41, 5.74) is 3.87. The number of carbonyl (C=O) groups is 2. The number of esters is 1. The summed E-state index contributed by atoms with van der Waals surface area (Å²) < 4.78 is 17.4. The van der Waals surface area contributed by atoms with E-state index in [9.17, 15) is 9.59 Å². The van der Waals surface area contributed by atoms with Crippen LogP contribution in [-0.2, 0) is 9.53 Å². The molecule has 2 unspecified atom stereocenters. The van der Waals surface area contributed by atoms with Gasteiger partial charge < -0.3 is 14.2 Å². The van der Waals surface area contributed by atoms with Crippen molar-refractivity contribution < 1.29 is 23.8 Å². The molecule has 0 N–H and O–H groups in total. The third-order valence-electron chi connectivity index (χ3n) is 5.74. The van der Waals surface area contributed by atoms with Crippen molar-refractivity contribution in [1.82, 2.24) is 0 Å². The van der Waals surface area contributed by atoms with Gasteiger partial charge in [0.25, 0.3) is 0 Å². The molecule has 32 heavy (non-hydrogen) atoms. The van der Waals surface area contributed by atoms with Gasteiger partial charge in [-0.3, -0.25) is 14.6 Å². The molecule has 166 valence electrons. The molecule has 0 radical (unpaired) electrons. The zero-order valence-corrected chi connectivity index (χ0v) is 20.0. The maximum Gasteiger partial charge on any atom is 0.315 e. The normalized spacial score (nSPS) is 19.3. The Kier molecular flexibility index (Phi) is 6.20. The van der Waals surface area contributed by atoms with Crippen LogP contribution in [0.4, 0.5) is 0 Å². The molecule has 1 aliphatic heterocycles. The molecule has 1 heterocycles. The van der Waals surface area contributed by atoms with E-state index in [1.54, 1.807) is 13.0 Å². The average molecular weight is 498 g/mol. The number of aliphatic imine (C=N–C) groups is 1. The highest BCUT2D eigenvalue weighted by Crippen LogP contribution is 2.50. The van der Waals surface area contributed by atoms with E-state index in [1.807, 2.05) is 44.2 Å². The van der Waals surface area contributed by atoms with Crippen molar-refractivity contribution >= 4 is 39.1 Å². The number of nitrogens with zero attached hydrogens (tertiary/aromatic N) is 1. The summed E-state index contributed by atoms with van der Waals surface area (Å²) in [6.45, 7) is 6.51. The van der Waals surface area contributed by atoms with Crippen molar-refractivity contribution in [1.29, 1.82) is 0 Å². The first-order valence-corrected chi connectivity index (χ1v) is 11.3. The predicted molar refractivity (Wildman–Crippen MR) is 126 cm³/mol. The third kappa shape index (κ3) is 3.54. The molecule has 2 aromatic rings. The van der Waals surface area contributed by atoms with Gasteiger partial charge in [0.1, 0.15) is 5.92 Å². The van der Waals surface area contributed by atoms with Gasteiger partial charge >= 0.3 is 5.97 Å². The Bertz CT molecular complexity index is 1170. The van der Waals surface area contributed by atoms with Gasteiger partial charge in [-0.2, -0.15) is 0 Å². The second kappa shape index (κ2) is 8.90. The number of hydrogen-bond acceptors (Lipinski definition) is 6. The van der Waals surface area contributed by atoms with E-state index >= 15 is 0 Å². The zero-order valence-electron chi connectivity index (χ0n) is 18.4. The highest BCUT2D eigenvalue weighted by molar-refractivity contribution is 9.10. The molecule has 2 aliphatic rings. The summed E-state index contributed by atoms with van der Waals surface area (Å²) in [6, 6.07) is 11.1. The molecule has 0 spiro atoms. The molecule has 1 aliphatic carbocycles. The van der Waals surface area contributed by atoms with Crippen LogP contribution < -0.4 is 9.47 Å². The lowest BCUT2D eigenvalue weighted by Crippen LogP contribution is -2.34. The zero-order chi connectivity index (χ0) is 23.0. The summed E-state index contributed by atoms with van der Waals surface area (Å²) >= 11 is 3.59. The maximum atomic E-state index is 13.5. The molecule has 0 saturated heterocycles. The lowest BCUT2D eigenvalue weighted by molar-refractivity contribution is -0.143. The van der Waals surface area contributed by atoms with E-state index in [2.05, 4.69) is 15.9 Å². The highest BCUT2D eigenvalue weighted by Gasteiger charge is 2.46. The van der Waals surface area contributed by atoms with Crippen molar-refractivity contribution in [2.75, 3.05) is 20.3 Å². The van der Waals surface area contributed by atoms with E-state index in [4.69, 9.17) is 19.2 Å². The van der Waals surface area contributed by atoms with Crippen molar-refractivity contribution in [3.63, 3.8) is 0 Å². The molecular weight excluding hydrogens is 474 g/mol. The maximum absolute atomic E-state index is 13.5. The van der Waals surface area contributed by atoms with Crippen LogP contribution in [0.1, 0.15) is 48.2 Å². The second-order valence-corrected chi connectivity index (χ2v) is 8.42. The molecule has 2 atom stereocenters. The largest absolute Gasteiger partial charge is 0.490 e. The topological polar surface area (TPSA) is 74.2 Å². The summed E-state index contributed by atoms with van der Waals surface area (Å²) in [7, 11) is 1.35. The van der Waals surface area contributed by atoms with Crippen LogP contribution in [0.25, 0.3) is 5.70 Å². The van der Waals surface area contributed by atoms with Gasteiger partial charge in [0.2, 0.25) is 0 Å². The lowest BCUT2D eigenvalue weighted by atomic mass is 9.75. The Hall–Kier alpha value is -2.93. The minimum atomic E-state index is -0.726. The first-order chi connectivity index (χ1) is 15.4. The fraction of sp³-hybridized carbons (Fsp3) is 0.320. The van der Waals surface area contributed by atoms with Crippen LogP contribution in [0, 0.1) is 5.92 Å². The highest BCUT2D eigenvalue weighted by atomic mass is 79.9. The molecule has 0 amide bonds. The quantitative estimate of drug-likeness (QED) is 0.512. The van der Waals surface area contributed by atoms with Gasteiger partial charge in [-0.1, -0.05) is 24.3 Å².